The Labute approximate surface area is 159 Å². The molecule has 0 saturated carbocycles. The van der Waals surface area contributed by atoms with Crippen molar-refractivity contribution < 1.29 is 4.57 Å². The molecule has 3 aromatic rings. The van der Waals surface area contributed by atoms with Crippen molar-refractivity contribution in [3.63, 3.8) is 0 Å². The van der Waals surface area contributed by atoms with E-state index in [-0.39, 0.29) is 0 Å². The van der Waals surface area contributed by atoms with Gasteiger partial charge in [-0.3, -0.25) is 0 Å². The molecule has 0 fully saturated rings. The zero-order chi connectivity index (χ0) is 18.4. The molecule has 0 aliphatic rings. The van der Waals surface area contributed by atoms with E-state index in [9.17, 15) is 0 Å². The lowest BCUT2D eigenvalue weighted by Crippen LogP contribution is -2.25. The number of rotatable bonds is 7. The highest BCUT2D eigenvalue weighted by Crippen LogP contribution is 2.18. The van der Waals surface area contributed by atoms with Gasteiger partial charge in [-0.2, -0.15) is 0 Å². The maximum atomic E-state index is 4.35. The Kier molecular flexibility index (Phi) is 6.12. The van der Waals surface area contributed by atoms with Crippen molar-refractivity contribution in [1.29, 1.82) is 0 Å². The second kappa shape index (κ2) is 8.72. The van der Waals surface area contributed by atoms with Gasteiger partial charge in [0.15, 0.2) is 17.6 Å². The van der Waals surface area contributed by atoms with Gasteiger partial charge in [0.2, 0.25) is 0 Å². The summed E-state index contributed by atoms with van der Waals surface area (Å²) in [7, 11) is 6.19. The fourth-order valence-electron chi connectivity index (χ4n) is 2.55. The molecule has 5 heteroatoms. The summed E-state index contributed by atoms with van der Waals surface area (Å²) in [6, 6.07) is 12.9. The maximum Gasteiger partial charge on any atom is 0.169 e. The molecule has 0 bridgehead atoms. The average molecular weight is 366 g/mol. The molecule has 0 saturated heterocycles. The largest absolute Gasteiger partial charge is 0.374 e. The smallest absolute Gasteiger partial charge is 0.169 e. The third-order valence-electron chi connectivity index (χ3n) is 4.24. The topological polar surface area (TPSA) is 24.9 Å². The van der Waals surface area contributed by atoms with Gasteiger partial charge in [0.25, 0.3) is 0 Å². The van der Waals surface area contributed by atoms with E-state index in [1.54, 1.807) is 11.8 Å². The molecular formula is C21H25N4S+. The highest BCUT2D eigenvalue weighted by Gasteiger charge is 2.03. The Morgan fingerprint density at radius 3 is 2.35 bits per heavy atom. The lowest BCUT2D eigenvalue weighted by Gasteiger charge is -2.19. The van der Waals surface area contributed by atoms with Gasteiger partial charge in [0.05, 0.1) is 0 Å². The number of nitrogens with zero attached hydrogens (tertiary/aromatic N) is 4. The monoisotopic (exact) mass is 365 g/mol. The minimum atomic E-state index is 0.980. The first-order chi connectivity index (χ1) is 12.6. The average Bonchev–Trinajstić information content (AvgIpc) is 3.06. The number of thioether (sulfide) groups is 1. The molecule has 0 aliphatic heterocycles. The first-order valence-corrected chi connectivity index (χ1v) is 9.65. The zero-order valence-corrected chi connectivity index (χ0v) is 16.4. The molecule has 0 spiro atoms. The van der Waals surface area contributed by atoms with Crippen LogP contribution in [0, 0.1) is 0 Å². The number of hydrogen-bond acceptors (Lipinski definition) is 3. The number of imidazole rings is 1. The highest BCUT2D eigenvalue weighted by atomic mass is 32.2. The van der Waals surface area contributed by atoms with Crippen molar-refractivity contribution in [2.45, 2.75) is 5.16 Å². The van der Waals surface area contributed by atoms with E-state index in [4.69, 9.17) is 0 Å². The van der Waals surface area contributed by atoms with Crippen molar-refractivity contribution in [2.24, 2.45) is 14.1 Å². The Hall–Kier alpha value is -2.53. The summed E-state index contributed by atoms with van der Waals surface area (Å²) in [5, 5.41) is 1.06. The van der Waals surface area contributed by atoms with Gasteiger partial charge in [0, 0.05) is 56.6 Å². The van der Waals surface area contributed by atoms with E-state index >= 15 is 0 Å². The second-order valence-electron chi connectivity index (χ2n) is 6.31. The molecule has 0 radical (unpaired) electrons. The molecule has 0 unspecified atom stereocenters. The number of pyridine rings is 1. The minimum absolute atomic E-state index is 0.980. The second-order valence-corrected chi connectivity index (χ2v) is 7.37. The molecule has 4 nitrogen and oxygen atoms in total. The molecule has 0 N–H and O–H groups in total. The summed E-state index contributed by atoms with van der Waals surface area (Å²) in [5.41, 5.74) is 3.64. The predicted molar refractivity (Wildman–Crippen MR) is 110 cm³/mol. The van der Waals surface area contributed by atoms with Crippen molar-refractivity contribution >= 4 is 29.6 Å². The van der Waals surface area contributed by atoms with E-state index in [2.05, 4.69) is 82.4 Å². The molecule has 3 rings (SSSR count). The molecule has 0 atom stereocenters. The Morgan fingerprint density at radius 2 is 1.73 bits per heavy atom. The molecule has 2 heterocycles. The van der Waals surface area contributed by atoms with Crippen LogP contribution in [0.1, 0.15) is 11.1 Å². The van der Waals surface area contributed by atoms with Crippen LogP contribution in [0.15, 0.2) is 66.3 Å². The molecule has 26 heavy (non-hydrogen) atoms. The zero-order valence-electron chi connectivity index (χ0n) is 15.5. The molecule has 0 aliphatic carbocycles. The Morgan fingerprint density at radius 1 is 1.08 bits per heavy atom. The lowest BCUT2D eigenvalue weighted by molar-refractivity contribution is -0.671. The number of anilines is 1. The number of hydrogen-bond donors (Lipinski definition) is 0. The molecular weight excluding hydrogens is 340 g/mol. The Balaban J connectivity index is 1.53. The van der Waals surface area contributed by atoms with Crippen LogP contribution in [-0.2, 0) is 14.1 Å². The summed E-state index contributed by atoms with van der Waals surface area (Å²) in [5.74, 6) is 1.01. The summed E-state index contributed by atoms with van der Waals surface area (Å²) >= 11 is 1.78. The van der Waals surface area contributed by atoms with Crippen molar-refractivity contribution in [3.05, 3.63) is 72.3 Å². The van der Waals surface area contributed by atoms with Crippen LogP contribution < -0.4 is 9.47 Å². The van der Waals surface area contributed by atoms with E-state index in [1.165, 1.54) is 16.8 Å². The lowest BCUT2D eigenvalue weighted by atomic mass is 10.1. The number of aryl methyl sites for hydroxylation is 2. The van der Waals surface area contributed by atoms with Crippen LogP contribution in [0.4, 0.5) is 5.69 Å². The fourth-order valence-corrected chi connectivity index (χ4v) is 3.50. The highest BCUT2D eigenvalue weighted by molar-refractivity contribution is 7.99. The van der Waals surface area contributed by atoms with Crippen LogP contribution in [0.5, 0.6) is 0 Å². The summed E-state index contributed by atoms with van der Waals surface area (Å²) < 4.78 is 4.09. The summed E-state index contributed by atoms with van der Waals surface area (Å²) in [6.45, 7) is 0.980. The van der Waals surface area contributed by atoms with Gasteiger partial charge in [0.1, 0.15) is 7.05 Å². The van der Waals surface area contributed by atoms with Gasteiger partial charge in [-0.15, -0.1) is 0 Å². The predicted octanol–water partition coefficient (Wildman–Crippen LogP) is 3.64. The quantitative estimate of drug-likeness (QED) is 0.472. The van der Waals surface area contributed by atoms with Crippen LogP contribution >= 0.6 is 11.8 Å². The third kappa shape index (κ3) is 4.99. The van der Waals surface area contributed by atoms with Gasteiger partial charge in [-0.05, 0) is 23.3 Å². The van der Waals surface area contributed by atoms with E-state index in [1.807, 2.05) is 31.1 Å². The minimum Gasteiger partial charge on any atom is -0.374 e. The van der Waals surface area contributed by atoms with Crippen molar-refractivity contribution in [2.75, 3.05) is 24.2 Å². The van der Waals surface area contributed by atoms with Gasteiger partial charge in [-0.1, -0.05) is 36.0 Å². The number of benzene rings is 1. The van der Waals surface area contributed by atoms with Crippen LogP contribution in [0.25, 0.3) is 12.2 Å². The van der Waals surface area contributed by atoms with E-state index < -0.39 is 0 Å². The molecule has 134 valence electrons. The normalized spacial score (nSPS) is 11.2. The van der Waals surface area contributed by atoms with Crippen LogP contribution in [0.2, 0.25) is 0 Å². The van der Waals surface area contributed by atoms with Crippen LogP contribution in [0.3, 0.4) is 0 Å². The van der Waals surface area contributed by atoms with Gasteiger partial charge >= 0.3 is 0 Å². The van der Waals surface area contributed by atoms with Gasteiger partial charge in [-0.25, -0.2) is 9.55 Å². The maximum absolute atomic E-state index is 4.35. The first-order valence-electron chi connectivity index (χ1n) is 8.66. The standard InChI is InChI=1S/C21H25N4S/c1-23-13-10-19(11-14-23)5-4-18-6-8-20(9-7-18)24(2)16-17-26-21-22-12-15-25(21)3/h4-15H,16-17H2,1-3H3/q+1. The van der Waals surface area contributed by atoms with Crippen molar-refractivity contribution in [3.8, 4) is 0 Å². The first kappa shape index (κ1) is 18.3. The SMILES string of the molecule is CN(CCSc1nccn1C)c1ccc(/C=C/c2cc[n+](C)cc2)cc1. The molecule has 1 aromatic carbocycles. The molecule has 2 aromatic heterocycles. The van der Waals surface area contributed by atoms with E-state index in [0.29, 0.717) is 0 Å². The fraction of sp³-hybridized carbons (Fsp3) is 0.238. The molecule has 0 amide bonds. The summed E-state index contributed by atoms with van der Waals surface area (Å²) in [4.78, 5) is 6.62. The van der Waals surface area contributed by atoms with Gasteiger partial charge < -0.3 is 9.47 Å². The van der Waals surface area contributed by atoms with Crippen LogP contribution in [-0.4, -0.2) is 28.9 Å². The van der Waals surface area contributed by atoms with Crippen molar-refractivity contribution in [1.82, 2.24) is 9.55 Å². The summed E-state index contributed by atoms with van der Waals surface area (Å²) in [6.07, 6.45) is 12.2. The Bertz CT molecular complexity index is 850. The third-order valence-corrected chi connectivity index (χ3v) is 5.28. The van der Waals surface area contributed by atoms with E-state index in [0.717, 1.165) is 17.5 Å². The number of aromatic nitrogens is 3.